The average molecular weight is 363 g/mol. The highest BCUT2D eigenvalue weighted by atomic mass is 79.9. The molecule has 1 aromatic heterocycles. The fraction of sp³-hybridized carbons (Fsp3) is 0.353. The molecule has 1 aliphatic heterocycles. The van der Waals surface area contributed by atoms with Gasteiger partial charge in [0, 0.05) is 36.4 Å². The number of pyridine rings is 1. The van der Waals surface area contributed by atoms with Crippen molar-refractivity contribution in [3.63, 3.8) is 0 Å². The standard InChI is InChI=1S/C17H19BrN2O2/c18-15-6-8-20(17(22)9-15)12-16(21)11-19-7-5-13-3-1-2-4-14(13)10-19/h1-4,6,8-9,16,21H,5,7,10-12H2. The summed E-state index contributed by atoms with van der Waals surface area (Å²) in [5.41, 5.74) is 2.64. The number of rotatable bonds is 4. The van der Waals surface area contributed by atoms with E-state index in [1.807, 2.05) is 6.07 Å². The molecule has 0 saturated heterocycles. The number of fused-ring (bicyclic) bond motifs is 1. The van der Waals surface area contributed by atoms with E-state index in [0.29, 0.717) is 13.1 Å². The van der Waals surface area contributed by atoms with Crippen LogP contribution < -0.4 is 5.56 Å². The Morgan fingerprint density at radius 3 is 2.73 bits per heavy atom. The summed E-state index contributed by atoms with van der Waals surface area (Å²) >= 11 is 3.27. The van der Waals surface area contributed by atoms with E-state index in [-0.39, 0.29) is 5.56 Å². The number of hydrogen-bond acceptors (Lipinski definition) is 3. The quantitative estimate of drug-likeness (QED) is 0.904. The van der Waals surface area contributed by atoms with Crippen molar-refractivity contribution in [2.45, 2.75) is 25.6 Å². The van der Waals surface area contributed by atoms with Crippen molar-refractivity contribution in [1.82, 2.24) is 9.47 Å². The van der Waals surface area contributed by atoms with Gasteiger partial charge in [0.1, 0.15) is 0 Å². The molecule has 2 heterocycles. The van der Waals surface area contributed by atoms with Crippen LogP contribution in [0.5, 0.6) is 0 Å². The Labute approximate surface area is 138 Å². The van der Waals surface area contributed by atoms with Gasteiger partial charge in [-0.3, -0.25) is 9.69 Å². The normalized spacial score (nSPS) is 16.3. The van der Waals surface area contributed by atoms with Gasteiger partial charge in [0.2, 0.25) is 0 Å². The zero-order valence-corrected chi connectivity index (χ0v) is 13.9. The second-order valence-electron chi connectivity index (χ2n) is 5.74. The minimum Gasteiger partial charge on any atom is -0.390 e. The van der Waals surface area contributed by atoms with Crippen LogP contribution in [0.2, 0.25) is 0 Å². The van der Waals surface area contributed by atoms with E-state index in [9.17, 15) is 9.90 Å². The van der Waals surface area contributed by atoms with Crippen LogP contribution in [0, 0.1) is 0 Å². The lowest BCUT2D eigenvalue weighted by Gasteiger charge is -2.30. The maximum Gasteiger partial charge on any atom is 0.251 e. The fourth-order valence-electron chi connectivity index (χ4n) is 2.93. The van der Waals surface area contributed by atoms with Crippen LogP contribution in [0.1, 0.15) is 11.1 Å². The Morgan fingerprint density at radius 1 is 1.18 bits per heavy atom. The summed E-state index contributed by atoms with van der Waals surface area (Å²) in [6.45, 7) is 2.72. The van der Waals surface area contributed by atoms with Crippen molar-refractivity contribution in [2.24, 2.45) is 0 Å². The Balaban J connectivity index is 1.61. The lowest BCUT2D eigenvalue weighted by Crippen LogP contribution is -2.39. The molecule has 0 fully saturated rings. The van der Waals surface area contributed by atoms with Crippen LogP contribution in [0.3, 0.4) is 0 Å². The van der Waals surface area contributed by atoms with Crippen molar-refractivity contribution in [3.05, 3.63) is 68.5 Å². The highest BCUT2D eigenvalue weighted by Crippen LogP contribution is 2.18. The van der Waals surface area contributed by atoms with Gasteiger partial charge in [-0.1, -0.05) is 40.2 Å². The molecule has 1 atom stereocenters. The topological polar surface area (TPSA) is 45.5 Å². The van der Waals surface area contributed by atoms with Crippen molar-refractivity contribution >= 4 is 15.9 Å². The summed E-state index contributed by atoms with van der Waals surface area (Å²) in [5.74, 6) is 0. The van der Waals surface area contributed by atoms with Gasteiger partial charge in [-0.25, -0.2) is 0 Å². The Hall–Kier alpha value is -1.43. The maximum absolute atomic E-state index is 11.8. The molecule has 0 radical (unpaired) electrons. The van der Waals surface area contributed by atoms with E-state index in [2.05, 4.69) is 45.1 Å². The number of aliphatic hydroxyl groups excluding tert-OH is 1. The first-order valence-electron chi connectivity index (χ1n) is 7.45. The number of halogens is 1. The first-order valence-corrected chi connectivity index (χ1v) is 8.24. The Morgan fingerprint density at radius 2 is 1.95 bits per heavy atom. The third kappa shape index (κ3) is 3.66. The highest BCUT2D eigenvalue weighted by Gasteiger charge is 2.18. The summed E-state index contributed by atoms with van der Waals surface area (Å²) in [4.78, 5) is 14.1. The van der Waals surface area contributed by atoms with Crippen LogP contribution in [-0.4, -0.2) is 33.8 Å². The molecule has 3 rings (SSSR count). The van der Waals surface area contributed by atoms with Crippen LogP contribution >= 0.6 is 15.9 Å². The van der Waals surface area contributed by atoms with E-state index in [1.165, 1.54) is 17.2 Å². The molecule has 22 heavy (non-hydrogen) atoms. The highest BCUT2D eigenvalue weighted by molar-refractivity contribution is 9.10. The third-order valence-electron chi connectivity index (χ3n) is 4.04. The van der Waals surface area contributed by atoms with E-state index in [4.69, 9.17) is 0 Å². The molecule has 0 aliphatic carbocycles. The summed E-state index contributed by atoms with van der Waals surface area (Å²) in [6.07, 6.45) is 2.17. The predicted octanol–water partition coefficient (Wildman–Crippen LogP) is 2.03. The molecule has 1 unspecified atom stereocenters. The molecule has 0 amide bonds. The number of aliphatic hydroxyl groups is 1. The maximum atomic E-state index is 11.8. The predicted molar refractivity (Wildman–Crippen MR) is 89.8 cm³/mol. The Kier molecular flexibility index (Phi) is 4.76. The molecule has 0 bridgehead atoms. The minimum atomic E-state index is -0.552. The van der Waals surface area contributed by atoms with Gasteiger partial charge in [0.15, 0.2) is 0 Å². The van der Waals surface area contributed by atoms with E-state index < -0.39 is 6.10 Å². The van der Waals surface area contributed by atoms with Gasteiger partial charge in [0.05, 0.1) is 12.6 Å². The number of nitrogens with zero attached hydrogens (tertiary/aromatic N) is 2. The lowest BCUT2D eigenvalue weighted by molar-refractivity contribution is 0.0909. The molecular weight excluding hydrogens is 344 g/mol. The van der Waals surface area contributed by atoms with Crippen molar-refractivity contribution in [3.8, 4) is 0 Å². The van der Waals surface area contributed by atoms with Crippen molar-refractivity contribution in [1.29, 1.82) is 0 Å². The van der Waals surface area contributed by atoms with Crippen LogP contribution in [0.4, 0.5) is 0 Å². The SMILES string of the molecule is O=c1cc(Br)ccn1CC(O)CN1CCc2ccccc2C1. The molecule has 2 aromatic rings. The van der Waals surface area contributed by atoms with Gasteiger partial charge >= 0.3 is 0 Å². The smallest absolute Gasteiger partial charge is 0.251 e. The molecule has 4 nitrogen and oxygen atoms in total. The van der Waals surface area contributed by atoms with Crippen molar-refractivity contribution < 1.29 is 5.11 Å². The zero-order valence-electron chi connectivity index (χ0n) is 12.3. The molecule has 116 valence electrons. The molecule has 1 N–H and O–H groups in total. The van der Waals surface area contributed by atoms with Gasteiger partial charge in [-0.05, 0) is 23.6 Å². The van der Waals surface area contributed by atoms with Crippen LogP contribution in [-0.2, 0) is 19.5 Å². The number of benzene rings is 1. The largest absolute Gasteiger partial charge is 0.390 e. The minimum absolute atomic E-state index is 0.0996. The number of β-amino-alcohol motifs (C(OH)–C–C–N with tert-alkyl or cyclic N) is 1. The first kappa shape index (κ1) is 15.5. The molecule has 1 aliphatic rings. The first-order chi connectivity index (χ1) is 10.6. The summed E-state index contributed by atoms with van der Waals surface area (Å²) in [6, 6.07) is 11.8. The van der Waals surface area contributed by atoms with Crippen LogP contribution in [0.15, 0.2) is 51.9 Å². The van der Waals surface area contributed by atoms with E-state index >= 15 is 0 Å². The van der Waals surface area contributed by atoms with Crippen molar-refractivity contribution in [2.75, 3.05) is 13.1 Å². The average Bonchev–Trinajstić information content (AvgIpc) is 2.50. The second kappa shape index (κ2) is 6.77. The fourth-order valence-corrected chi connectivity index (χ4v) is 3.24. The van der Waals surface area contributed by atoms with Gasteiger partial charge < -0.3 is 9.67 Å². The molecule has 1 aromatic carbocycles. The third-order valence-corrected chi connectivity index (χ3v) is 4.54. The summed E-state index contributed by atoms with van der Waals surface area (Å²) in [7, 11) is 0. The zero-order chi connectivity index (χ0) is 15.5. The molecule has 0 spiro atoms. The number of aromatic nitrogens is 1. The monoisotopic (exact) mass is 362 g/mol. The lowest BCUT2D eigenvalue weighted by atomic mass is 10.00. The van der Waals surface area contributed by atoms with E-state index in [1.54, 1.807) is 10.8 Å². The Bertz CT molecular complexity index is 714. The second-order valence-corrected chi connectivity index (χ2v) is 6.66. The summed E-state index contributed by atoms with van der Waals surface area (Å²) < 4.78 is 2.31. The van der Waals surface area contributed by atoms with Gasteiger partial charge in [-0.2, -0.15) is 0 Å². The van der Waals surface area contributed by atoms with Crippen LogP contribution in [0.25, 0.3) is 0 Å². The number of hydrogen-bond donors (Lipinski definition) is 1. The molecule has 5 heteroatoms. The molecule has 0 saturated carbocycles. The van der Waals surface area contributed by atoms with Gasteiger partial charge in [0.25, 0.3) is 5.56 Å². The molecular formula is C17H19BrN2O2. The van der Waals surface area contributed by atoms with E-state index in [0.717, 1.165) is 24.0 Å². The van der Waals surface area contributed by atoms with Gasteiger partial charge in [-0.15, -0.1) is 0 Å². The summed E-state index contributed by atoms with van der Waals surface area (Å²) in [5, 5.41) is 10.3.